The second-order valence-corrected chi connectivity index (χ2v) is 4.53. The van der Waals surface area contributed by atoms with E-state index < -0.39 is 0 Å². The summed E-state index contributed by atoms with van der Waals surface area (Å²) >= 11 is 0. The summed E-state index contributed by atoms with van der Waals surface area (Å²) in [6.45, 7) is 6.10. The number of hydrogen-bond acceptors (Lipinski definition) is 1. The molecule has 2 aliphatic carbocycles. The molecule has 1 nitrogen and oxygen atoms in total. The zero-order valence-electron chi connectivity index (χ0n) is 8.12. The molecule has 0 amide bonds. The molecule has 0 radical (unpaired) electrons. The predicted molar refractivity (Wildman–Crippen MR) is 53.3 cm³/mol. The molecular weight excluding hydrogens is 160 g/mol. The SMILES string of the molecule is C=CC1CCC2C=CC(=O)CC12C. The standard InChI is InChI=1S/C12H16O/c1-3-9-4-5-10-6-7-11(13)8-12(9,10)2/h3,6-7,9-10H,1,4-5,8H2,2H3. The average Bonchev–Trinajstić information content (AvgIpc) is 2.40. The van der Waals surface area contributed by atoms with Crippen molar-refractivity contribution in [3.63, 3.8) is 0 Å². The molecular formula is C12H16O. The monoisotopic (exact) mass is 176 g/mol. The number of rotatable bonds is 1. The second-order valence-electron chi connectivity index (χ2n) is 4.53. The zero-order valence-corrected chi connectivity index (χ0v) is 8.12. The fraction of sp³-hybridized carbons (Fsp3) is 0.583. The van der Waals surface area contributed by atoms with E-state index in [9.17, 15) is 4.79 Å². The topological polar surface area (TPSA) is 17.1 Å². The molecule has 2 rings (SSSR count). The molecule has 0 heterocycles. The van der Waals surface area contributed by atoms with Gasteiger partial charge >= 0.3 is 0 Å². The van der Waals surface area contributed by atoms with Gasteiger partial charge in [-0.1, -0.05) is 19.1 Å². The van der Waals surface area contributed by atoms with Crippen LogP contribution < -0.4 is 0 Å². The first-order valence-electron chi connectivity index (χ1n) is 5.00. The maximum absolute atomic E-state index is 11.4. The summed E-state index contributed by atoms with van der Waals surface area (Å²) in [7, 11) is 0. The highest BCUT2D eigenvalue weighted by Crippen LogP contribution is 2.52. The minimum Gasteiger partial charge on any atom is -0.295 e. The third-order valence-electron chi connectivity index (χ3n) is 3.84. The van der Waals surface area contributed by atoms with E-state index in [1.54, 1.807) is 6.08 Å². The van der Waals surface area contributed by atoms with Crippen molar-refractivity contribution in [3.05, 3.63) is 24.8 Å². The summed E-state index contributed by atoms with van der Waals surface area (Å²) in [5, 5.41) is 0. The van der Waals surface area contributed by atoms with Crippen LogP contribution in [0, 0.1) is 17.3 Å². The molecule has 70 valence electrons. The molecule has 0 N–H and O–H groups in total. The molecule has 0 saturated heterocycles. The fourth-order valence-electron chi connectivity index (χ4n) is 2.92. The van der Waals surface area contributed by atoms with Crippen LogP contribution in [0.1, 0.15) is 26.2 Å². The first-order valence-corrected chi connectivity index (χ1v) is 5.00. The van der Waals surface area contributed by atoms with Gasteiger partial charge < -0.3 is 0 Å². The highest BCUT2D eigenvalue weighted by molar-refractivity contribution is 5.91. The molecule has 3 atom stereocenters. The predicted octanol–water partition coefficient (Wildman–Crippen LogP) is 2.73. The highest BCUT2D eigenvalue weighted by Gasteiger charge is 2.46. The Bertz CT molecular complexity index is 277. The zero-order chi connectivity index (χ0) is 9.47. The number of carbonyl (C=O) groups excluding carboxylic acids is 1. The van der Waals surface area contributed by atoms with Crippen molar-refractivity contribution >= 4 is 5.78 Å². The quantitative estimate of drug-likeness (QED) is 0.561. The molecule has 1 saturated carbocycles. The number of allylic oxidation sites excluding steroid dienone is 3. The Morgan fingerprint density at radius 2 is 2.38 bits per heavy atom. The Morgan fingerprint density at radius 3 is 3.08 bits per heavy atom. The van der Waals surface area contributed by atoms with Crippen LogP contribution in [0.2, 0.25) is 0 Å². The van der Waals surface area contributed by atoms with Crippen molar-refractivity contribution in [1.82, 2.24) is 0 Å². The van der Waals surface area contributed by atoms with Crippen LogP contribution >= 0.6 is 0 Å². The van der Waals surface area contributed by atoms with E-state index >= 15 is 0 Å². The van der Waals surface area contributed by atoms with E-state index in [-0.39, 0.29) is 11.2 Å². The minimum absolute atomic E-state index is 0.174. The van der Waals surface area contributed by atoms with Gasteiger partial charge in [-0.05, 0) is 36.2 Å². The largest absolute Gasteiger partial charge is 0.295 e. The average molecular weight is 176 g/mol. The number of hydrogen-bond donors (Lipinski definition) is 0. The van der Waals surface area contributed by atoms with Crippen LogP contribution in [0.25, 0.3) is 0 Å². The lowest BCUT2D eigenvalue weighted by molar-refractivity contribution is -0.118. The maximum atomic E-state index is 11.4. The lowest BCUT2D eigenvalue weighted by atomic mass is 9.68. The van der Waals surface area contributed by atoms with Gasteiger partial charge in [-0.3, -0.25) is 4.79 Å². The highest BCUT2D eigenvalue weighted by atomic mass is 16.1. The van der Waals surface area contributed by atoms with Crippen molar-refractivity contribution in [2.75, 3.05) is 0 Å². The van der Waals surface area contributed by atoms with Gasteiger partial charge in [0.25, 0.3) is 0 Å². The summed E-state index contributed by atoms with van der Waals surface area (Å²) in [5.41, 5.74) is 0.174. The smallest absolute Gasteiger partial charge is 0.155 e. The summed E-state index contributed by atoms with van der Waals surface area (Å²) in [6.07, 6.45) is 9.03. The van der Waals surface area contributed by atoms with E-state index in [1.807, 2.05) is 6.08 Å². The third kappa shape index (κ3) is 1.18. The van der Waals surface area contributed by atoms with Crippen LogP contribution in [0.4, 0.5) is 0 Å². The summed E-state index contributed by atoms with van der Waals surface area (Å²) in [6, 6.07) is 0. The van der Waals surface area contributed by atoms with Crippen molar-refractivity contribution in [2.24, 2.45) is 17.3 Å². The third-order valence-corrected chi connectivity index (χ3v) is 3.84. The van der Waals surface area contributed by atoms with Gasteiger partial charge in [0, 0.05) is 6.42 Å². The summed E-state index contributed by atoms with van der Waals surface area (Å²) in [5.74, 6) is 1.42. The first-order chi connectivity index (χ1) is 6.16. The molecule has 13 heavy (non-hydrogen) atoms. The number of ketones is 1. The van der Waals surface area contributed by atoms with Crippen LogP contribution in [-0.2, 0) is 4.79 Å². The molecule has 0 aromatic heterocycles. The molecule has 0 aromatic rings. The summed E-state index contributed by atoms with van der Waals surface area (Å²) in [4.78, 5) is 11.4. The van der Waals surface area contributed by atoms with E-state index in [0.717, 1.165) is 0 Å². The lowest BCUT2D eigenvalue weighted by Gasteiger charge is -2.35. The van der Waals surface area contributed by atoms with E-state index in [1.165, 1.54) is 12.8 Å². The van der Waals surface area contributed by atoms with E-state index in [2.05, 4.69) is 19.6 Å². The Kier molecular flexibility index (Phi) is 1.90. The fourth-order valence-corrected chi connectivity index (χ4v) is 2.92. The van der Waals surface area contributed by atoms with Gasteiger partial charge in [-0.2, -0.15) is 0 Å². The van der Waals surface area contributed by atoms with Gasteiger partial charge in [0.1, 0.15) is 0 Å². The molecule has 0 aromatic carbocycles. The minimum atomic E-state index is 0.174. The van der Waals surface area contributed by atoms with Gasteiger partial charge in [0.2, 0.25) is 0 Å². The molecule has 2 aliphatic rings. The second kappa shape index (κ2) is 2.83. The normalized spacial score (nSPS) is 43.3. The Balaban J connectivity index is 2.33. The van der Waals surface area contributed by atoms with Gasteiger partial charge in [0.15, 0.2) is 5.78 Å². The van der Waals surface area contributed by atoms with Crippen LogP contribution in [0.15, 0.2) is 24.8 Å². The molecule has 1 heteroatoms. The van der Waals surface area contributed by atoms with Gasteiger partial charge in [-0.15, -0.1) is 6.58 Å². The van der Waals surface area contributed by atoms with Gasteiger partial charge in [0.05, 0.1) is 0 Å². The Hall–Kier alpha value is -0.850. The van der Waals surface area contributed by atoms with E-state index in [4.69, 9.17) is 0 Å². The summed E-state index contributed by atoms with van der Waals surface area (Å²) < 4.78 is 0. The van der Waals surface area contributed by atoms with Crippen LogP contribution in [0.3, 0.4) is 0 Å². The lowest BCUT2D eigenvalue weighted by Crippen LogP contribution is -2.32. The van der Waals surface area contributed by atoms with Crippen molar-refractivity contribution in [1.29, 1.82) is 0 Å². The Labute approximate surface area is 79.5 Å². The van der Waals surface area contributed by atoms with Crippen molar-refractivity contribution in [2.45, 2.75) is 26.2 Å². The molecule has 0 spiro atoms. The maximum Gasteiger partial charge on any atom is 0.155 e. The number of carbonyl (C=O) groups is 1. The van der Waals surface area contributed by atoms with Crippen LogP contribution in [-0.4, -0.2) is 5.78 Å². The molecule has 3 unspecified atom stereocenters. The Morgan fingerprint density at radius 1 is 1.62 bits per heavy atom. The van der Waals surface area contributed by atoms with Crippen LogP contribution in [0.5, 0.6) is 0 Å². The first kappa shape index (κ1) is 8.74. The molecule has 0 aliphatic heterocycles. The van der Waals surface area contributed by atoms with E-state index in [0.29, 0.717) is 18.3 Å². The van der Waals surface area contributed by atoms with Gasteiger partial charge in [-0.25, -0.2) is 0 Å². The van der Waals surface area contributed by atoms with Crippen molar-refractivity contribution in [3.8, 4) is 0 Å². The number of fused-ring (bicyclic) bond motifs is 1. The molecule has 0 bridgehead atoms. The molecule has 1 fully saturated rings. The van der Waals surface area contributed by atoms with Crippen molar-refractivity contribution < 1.29 is 4.79 Å².